The van der Waals surface area contributed by atoms with Crippen molar-refractivity contribution in [3.63, 3.8) is 0 Å². The molecular weight excluding hydrogens is 286 g/mol. The number of fused-ring (bicyclic) bond motifs is 1. The van der Waals surface area contributed by atoms with Gasteiger partial charge in [-0.15, -0.1) is 0 Å². The Kier molecular flexibility index (Phi) is 6.07. The van der Waals surface area contributed by atoms with E-state index < -0.39 is 0 Å². The molecule has 0 unspecified atom stereocenters. The molecule has 2 rings (SSSR count). The number of hydrogen-bond donors (Lipinski definition) is 3. The highest BCUT2D eigenvalue weighted by molar-refractivity contribution is 7.80. The largest absolute Gasteiger partial charge is 0.454 e. The third-order valence-electron chi connectivity index (χ3n) is 3.65. The van der Waals surface area contributed by atoms with Gasteiger partial charge in [0.05, 0.1) is 26.2 Å². The molecule has 0 aliphatic carbocycles. The zero-order chi connectivity index (χ0) is 15.1. The van der Waals surface area contributed by atoms with E-state index in [4.69, 9.17) is 21.7 Å². The maximum Gasteiger partial charge on any atom is 0.231 e. The molecule has 1 aliphatic rings. The first-order chi connectivity index (χ1) is 10.2. The summed E-state index contributed by atoms with van der Waals surface area (Å²) >= 11 is 5.29. The van der Waals surface area contributed by atoms with Crippen LogP contribution >= 0.6 is 12.2 Å². The molecule has 116 valence electrons. The van der Waals surface area contributed by atoms with Gasteiger partial charge in [-0.05, 0) is 43.8 Å². The minimum absolute atomic E-state index is 0.305. The van der Waals surface area contributed by atoms with Gasteiger partial charge in [-0.3, -0.25) is 0 Å². The summed E-state index contributed by atoms with van der Waals surface area (Å²) < 4.78 is 10.7. The van der Waals surface area contributed by atoms with Gasteiger partial charge in [0.2, 0.25) is 6.79 Å². The Labute approximate surface area is 131 Å². The van der Waals surface area contributed by atoms with E-state index in [0.717, 1.165) is 43.2 Å². The minimum atomic E-state index is 0.305. The fraction of sp³-hybridized carbons (Fsp3) is 0.533. The number of rotatable bonds is 7. The molecule has 1 aliphatic heterocycles. The molecule has 0 amide bonds. The number of nitrogens with one attached hydrogen (secondary N) is 3. The van der Waals surface area contributed by atoms with Gasteiger partial charge in [0.1, 0.15) is 0 Å². The predicted octanol–water partition coefficient (Wildman–Crippen LogP) is 0.304. The van der Waals surface area contributed by atoms with E-state index in [1.54, 1.807) is 4.90 Å². The molecule has 0 saturated heterocycles. The monoisotopic (exact) mass is 310 g/mol. The van der Waals surface area contributed by atoms with Crippen molar-refractivity contribution in [2.45, 2.75) is 20.4 Å². The Balaban J connectivity index is 1.69. The molecule has 1 aromatic rings. The van der Waals surface area contributed by atoms with Crippen LogP contribution in [0.15, 0.2) is 18.2 Å². The second-order valence-electron chi connectivity index (χ2n) is 5.00. The lowest BCUT2D eigenvalue weighted by Gasteiger charge is -2.16. The second kappa shape index (κ2) is 8.05. The third-order valence-corrected chi connectivity index (χ3v) is 3.94. The average Bonchev–Trinajstić information content (AvgIpc) is 2.97. The highest BCUT2D eigenvalue weighted by Crippen LogP contribution is 2.32. The topological polar surface area (TPSA) is 47.0 Å². The molecule has 0 saturated carbocycles. The lowest BCUT2D eigenvalue weighted by atomic mass is 10.2. The zero-order valence-electron chi connectivity index (χ0n) is 12.7. The molecule has 21 heavy (non-hydrogen) atoms. The Bertz CT molecular complexity index is 478. The molecule has 0 radical (unpaired) electrons. The van der Waals surface area contributed by atoms with Gasteiger partial charge in [-0.1, -0.05) is 6.07 Å². The van der Waals surface area contributed by atoms with Crippen LogP contribution in [0.4, 0.5) is 0 Å². The predicted molar refractivity (Wildman–Crippen MR) is 86.9 cm³/mol. The Morgan fingerprint density at radius 1 is 1.19 bits per heavy atom. The van der Waals surface area contributed by atoms with Gasteiger partial charge in [0.15, 0.2) is 16.6 Å². The Morgan fingerprint density at radius 3 is 2.71 bits per heavy atom. The molecule has 1 aromatic carbocycles. The molecule has 6 heteroatoms. The summed E-state index contributed by atoms with van der Waals surface area (Å²) in [5.41, 5.74) is 1.12. The van der Waals surface area contributed by atoms with Crippen LogP contribution in [-0.4, -0.2) is 38.1 Å². The minimum Gasteiger partial charge on any atom is -0.454 e. The normalized spacial score (nSPS) is 12.5. The van der Waals surface area contributed by atoms with E-state index in [9.17, 15) is 0 Å². The van der Waals surface area contributed by atoms with Crippen molar-refractivity contribution in [3.05, 3.63) is 23.8 Å². The summed E-state index contributed by atoms with van der Waals surface area (Å²) in [6.07, 6.45) is 0. The molecule has 0 spiro atoms. The van der Waals surface area contributed by atoms with Gasteiger partial charge >= 0.3 is 0 Å². The van der Waals surface area contributed by atoms with Crippen LogP contribution in [0, 0.1) is 0 Å². The quantitative estimate of drug-likeness (QED) is 0.633. The van der Waals surface area contributed by atoms with Crippen molar-refractivity contribution in [1.82, 2.24) is 10.6 Å². The lowest BCUT2D eigenvalue weighted by molar-refractivity contribution is -0.895. The van der Waals surface area contributed by atoms with Crippen molar-refractivity contribution in [2.75, 3.05) is 33.0 Å². The number of ether oxygens (including phenoxy) is 2. The van der Waals surface area contributed by atoms with E-state index >= 15 is 0 Å². The second-order valence-corrected chi connectivity index (χ2v) is 5.41. The fourth-order valence-electron chi connectivity index (χ4n) is 2.25. The number of thiocarbonyl (C=S) groups is 1. The van der Waals surface area contributed by atoms with Gasteiger partial charge < -0.3 is 25.0 Å². The third kappa shape index (κ3) is 4.75. The molecular formula is C15H24N3O2S+. The summed E-state index contributed by atoms with van der Waals surface area (Å²) in [5, 5.41) is 7.16. The van der Waals surface area contributed by atoms with E-state index in [-0.39, 0.29) is 0 Å². The van der Waals surface area contributed by atoms with Gasteiger partial charge in [0, 0.05) is 6.54 Å². The van der Waals surface area contributed by atoms with Crippen LogP contribution in [0.3, 0.4) is 0 Å². The zero-order valence-corrected chi connectivity index (χ0v) is 13.5. The smallest absolute Gasteiger partial charge is 0.231 e. The van der Waals surface area contributed by atoms with Crippen molar-refractivity contribution in [3.8, 4) is 11.5 Å². The van der Waals surface area contributed by atoms with Crippen molar-refractivity contribution in [2.24, 2.45) is 0 Å². The summed E-state index contributed by atoms with van der Waals surface area (Å²) in [4.78, 5) is 1.57. The molecule has 0 fully saturated rings. The van der Waals surface area contributed by atoms with Gasteiger partial charge in [0.25, 0.3) is 0 Å². The van der Waals surface area contributed by atoms with E-state index in [0.29, 0.717) is 18.5 Å². The first kappa shape index (κ1) is 15.9. The van der Waals surface area contributed by atoms with Gasteiger partial charge in [-0.2, -0.15) is 0 Å². The summed E-state index contributed by atoms with van der Waals surface area (Å²) in [5.74, 6) is 1.61. The number of benzene rings is 1. The fourth-order valence-corrected chi connectivity index (χ4v) is 2.43. The van der Waals surface area contributed by atoms with Crippen LogP contribution in [0.5, 0.6) is 11.5 Å². The SMILES string of the molecule is CC[NH+](CC)CCNC(=S)NCc1ccc2c(c1)OCO2. The number of quaternary nitrogens is 1. The van der Waals surface area contributed by atoms with E-state index in [1.165, 1.54) is 0 Å². The molecule has 1 heterocycles. The molecule has 0 aromatic heterocycles. The molecule has 0 atom stereocenters. The maximum atomic E-state index is 5.36. The molecule has 0 bridgehead atoms. The Hall–Kier alpha value is -1.53. The van der Waals surface area contributed by atoms with Crippen molar-refractivity contribution in [1.29, 1.82) is 0 Å². The molecule has 3 N–H and O–H groups in total. The molecule has 5 nitrogen and oxygen atoms in total. The van der Waals surface area contributed by atoms with E-state index in [2.05, 4.69) is 24.5 Å². The van der Waals surface area contributed by atoms with Crippen molar-refractivity contribution >= 4 is 17.3 Å². The van der Waals surface area contributed by atoms with E-state index in [1.807, 2.05) is 18.2 Å². The van der Waals surface area contributed by atoms with Crippen LogP contribution in [0.25, 0.3) is 0 Å². The highest BCUT2D eigenvalue weighted by Gasteiger charge is 2.13. The Morgan fingerprint density at radius 2 is 1.95 bits per heavy atom. The lowest BCUT2D eigenvalue weighted by Crippen LogP contribution is -3.12. The summed E-state index contributed by atoms with van der Waals surface area (Å²) in [6, 6.07) is 5.93. The summed E-state index contributed by atoms with van der Waals surface area (Å²) in [7, 11) is 0. The van der Waals surface area contributed by atoms with Crippen LogP contribution in [0.1, 0.15) is 19.4 Å². The van der Waals surface area contributed by atoms with Crippen LogP contribution in [-0.2, 0) is 6.54 Å². The number of likely N-dealkylation sites (N-methyl/N-ethyl adjacent to an activating group) is 1. The van der Waals surface area contributed by atoms with Crippen LogP contribution < -0.4 is 25.0 Å². The highest BCUT2D eigenvalue weighted by atomic mass is 32.1. The van der Waals surface area contributed by atoms with Crippen LogP contribution in [0.2, 0.25) is 0 Å². The van der Waals surface area contributed by atoms with Gasteiger partial charge in [-0.25, -0.2) is 0 Å². The number of hydrogen-bond acceptors (Lipinski definition) is 3. The first-order valence-corrected chi connectivity index (χ1v) is 7.87. The first-order valence-electron chi connectivity index (χ1n) is 7.46. The van der Waals surface area contributed by atoms with Crippen molar-refractivity contribution < 1.29 is 14.4 Å². The average molecular weight is 310 g/mol. The maximum absolute atomic E-state index is 5.36. The summed E-state index contributed by atoms with van der Waals surface area (Å²) in [6.45, 7) is 9.67. The standard InChI is InChI=1S/C15H23N3O2S/c1-3-18(4-2)8-7-16-15(21)17-10-12-5-6-13-14(9-12)20-11-19-13/h5-6,9H,3-4,7-8,10-11H2,1-2H3,(H2,16,17,21)/p+1.